The highest BCUT2D eigenvalue weighted by Crippen LogP contribution is 2.39. The quantitative estimate of drug-likeness (QED) is 0.202. The van der Waals surface area contributed by atoms with E-state index >= 15 is 0 Å². The molecule has 0 radical (unpaired) electrons. The number of fused-ring (bicyclic) bond motifs is 2. The first-order valence-electron chi connectivity index (χ1n) is 14.0. The van der Waals surface area contributed by atoms with Crippen molar-refractivity contribution in [3.8, 4) is 11.4 Å². The highest BCUT2D eigenvalue weighted by molar-refractivity contribution is 6.34. The summed E-state index contributed by atoms with van der Waals surface area (Å²) >= 11 is 0. The first-order chi connectivity index (χ1) is 21.3. The topological polar surface area (TPSA) is 104 Å². The molecular formula is C30H20F2N4O5. The van der Waals surface area contributed by atoms with E-state index in [1.807, 2.05) is 0 Å². The van der Waals surface area contributed by atoms with Gasteiger partial charge in [-0.1, -0.05) is 12.1 Å². The van der Waals surface area contributed by atoms with Crippen LogP contribution in [0, 0.1) is 11.6 Å². The third-order valence-electron chi connectivity index (χ3n) is 6.41. The number of nitrogens with zero attached hydrogens (tertiary/aromatic N) is 4. The number of halogens is 2. The molecule has 41 heavy (non-hydrogen) atoms. The Morgan fingerprint density at radius 1 is 1.02 bits per heavy atom. The van der Waals surface area contributed by atoms with E-state index in [9.17, 15) is 24.5 Å². The van der Waals surface area contributed by atoms with Crippen molar-refractivity contribution in [1.29, 1.82) is 0 Å². The van der Waals surface area contributed by atoms with E-state index in [0.717, 1.165) is 25.3 Å². The fraction of sp³-hybridized carbons (Fsp3) is 0.100. The van der Waals surface area contributed by atoms with E-state index in [0.29, 0.717) is 11.0 Å². The van der Waals surface area contributed by atoms with E-state index in [4.69, 9.17) is 13.6 Å². The van der Waals surface area contributed by atoms with Gasteiger partial charge in [0.05, 0.1) is 30.9 Å². The Kier molecular flexibility index (Phi) is 5.18. The minimum absolute atomic E-state index is 0.00497. The fourth-order valence-electron chi connectivity index (χ4n) is 4.54. The summed E-state index contributed by atoms with van der Waals surface area (Å²) in [6.45, 7) is -3.34. The summed E-state index contributed by atoms with van der Waals surface area (Å²) in [5, 5.41) is 3.90. The molecule has 1 unspecified atom stereocenters. The van der Waals surface area contributed by atoms with Crippen molar-refractivity contribution in [3.63, 3.8) is 0 Å². The average molecular weight is 559 g/mol. The van der Waals surface area contributed by atoms with Crippen molar-refractivity contribution >= 4 is 34.5 Å². The Morgan fingerprint density at radius 2 is 1.78 bits per heavy atom. The lowest BCUT2D eigenvalue weighted by Crippen LogP contribution is -2.31. The average Bonchev–Trinajstić information content (AvgIpc) is 3.63. The van der Waals surface area contributed by atoms with E-state index in [1.54, 1.807) is 0 Å². The third-order valence-corrected chi connectivity index (χ3v) is 6.41. The smallest absolute Gasteiger partial charge is 0.337 e. The van der Waals surface area contributed by atoms with Gasteiger partial charge in [-0.25, -0.2) is 28.1 Å². The number of esters is 1. The van der Waals surface area contributed by atoms with Crippen LogP contribution in [0.1, 0.15) is 55.1 Å². The van der Waals surface area contributed by atoms with Crippen molar-refractivity contribution in [1.82, 2.24) is 14.8 Å². The molecule has 0 aliphatic carbocycles. The number of amides is 2. The Hall–Kier alpha value is -5.45. The van der Waals surface area contributed by atoms with E-state index in [1.165, 1.54) is 59.5 Å². The van der Waals surface area contributed by atoms with Crippen LogP contribution in [0.15, 0.2) is 79.1 Å². The number of aromatic nitrogens is 3. The zero-order valence-electron chi connectivity index (χ0n) is 25.1. The van der Waals surface area contributed by atoms with E-state index in [-0.39, 0.29) is 27.8 Å². The van der Waals surface area contributed by atoms with Crippen LogP contribution < -0.4 is 9.64 Å². The molecule has 11 heteroatoms. The predicted molar refractivity (Wildman–Crippen MR) is 143 cm³/mol. The second kappa shape index (κ2) is 9.94. The molecule has 0 spiro atoms. The van der Waals surface area contributed by atoms with Gasteiger partial charge < -0.3 is 9.47 Å². The van der Waals surface area contributed by atoms with Crippen molar-refractivity contribution in [2.45, 2.75) is 12.9 Å². The molecule has 0 N–H and O–H groups in total. The van der Waals surface area contributed by atoms with Crippen LogP contribution >= 0.6 is 0 Å². The summed E-state index contributed by atoms with van der Waals surface area (Å²) in [5.41, 5.74) is -0.969. The van der Waals surface area contributed by atoms with Gasteiger partial charge in [0.15, 0.2) is 17.4 Å². The van der Waals surface area contributed by atoms with Gasteiger partial charge in [-0.2, -0.15) is 5.10 Å². The molecule has 9 nitrogen and oxygen atoms in total. The SMILES string of the molecule is [2H]C([2H])([2H])C([2H])(Oc1cc2cc(F)cc(F)c2nc1N1C(=O)c2ccccc2C1=O)c1cc(C(=O)OC)ccc1-n1cccn1. The molecule has 5 aromatic rings. The van der Waals surface area contributed by atoms with Gasteiger partial charge in [0.1, 0.15) is 17.4 Å². The van der Waals surface area contributed by atoms with Crippen LogP contribution in [0.4, 0.5) is 14.6 Å². The number of carbonyl (C=O) groups is 3. The lowest BCUT2D eigenvalue weighted by molar-refractivity contribution is 0.0600. The molecule has 204 valence electrons. The van der Waals surface area contributed by atoms with E-state index in [2.05, 4.69) is 10.1 Å². The molecule has 2 amide bonds. The number of imide groups is 1. The van der Waals surface area contributed by atoms with Crippen LogP contribution in [-0.2, 0) is 4.74 Å². The van der Waals surface area contributed by atoms with Crippen LogP contribution in [0.3, 0.4) is 0 Å². The molecule has 0 bridgehead atoms. The molecule has 1 aliphatic rings. The second-order valence-electron chi connectivity index (χ2n) is 8.87. The van der Waals surface area contributed by atoms with Gasteiger partial charge in [0, 0.05) is 33.5 Å². The van der Waals surface area contributed by atoms with Crippen LogP contribution in [0.2, 0.25) is 0 Å². The molecular weight excluding hydrogens is 534 g/mol. The standard InChI is InChI=1S/C30H20F2N4O5/c1-16(22-13-17(30(39)40-2)8-9-24(22)35-11-5-10-33-35)41-25-14-18-12-19(31)15-23(32)26(18)34-27(25)36-28(37)20-6-3-4-7-21(20)29(36)38/h3-16H,1-2H3/i1D3,16D. The molecule has 1 aliphatic heterocycles. The molecule has 3 heterocycles. The van der Waals surface area contributed by atoms with Crippen LogP contribution in [0.25, 0.3) is 16.6 Å². The summed E-state index contributed by atoms with van der Waals surface area (Å²) in [6.07, 6.45) is -0.243. The molecule has 0 fully saturated rings. The highest BCUT2D eigenvalue weighted by Gasteiger charge is 2.39. The number of hydrogen-bond acceptors (Lipinski definition) is 7. The Balaban J connectivity index is 1.62. The summed E-state index contributed by atoms with van der Waals surface area (Å²) in [5.74, 6) is -5.99. The van der Waals surface area contributed by atoms with Gasteiger partial charge in [-0.15, -0.1) is 0 Å². The van der Waals surface area contributed by atoms with Crippen molar-refractivity contribution < 1.29 is 38.1 Å². The lowest BCUT2D eigenvalue weighted by atomic mass is 10.0. The summed E-state index contributed by atoms with van der Waals surface area (Å²) in [7, 11) is 1.12. The minimum Gasteiger partial charge on any atom is -0.482 e. The molecule has 3 aromatic carbocycles. The van der Waals surface area contributed by atoms with Gasteiger partial charge in [-0.3, -0.25) is 9.59 Å². The number of pyridine rings is 1. The summed E-state index contributed by atoms with van der Waals surface area (Å²) in [4.78, 5) is 44.1. The first-order valence-corrected chi connectivity index (χ1v) is 12.0. The number of ether oxygens (including phenoxy) is 2. The predicted octanol–water partition coefficient (Wildman–Crippen LogP) is 5.43. The van der Waals surface area contributed by atoms with Crippen molar-refractivity contribution in [3.05, 3.63) is 113 Å². The van der Waals surface area contributed by atoms with Crippen molar-refractivity contribution in [2.24, 2.45) is 0 Å². The van der Waals surface area contributed by atoms with Crippen LogP contribution in [-0.4, -0.2) is 39.7 Å². The Labute approximate surface area is 237 Å². The number of benzene rings is 3. The molecule has 0 saturated carbocycles. The van der Waals surface area contributed by atoms with Gasteiger partial charge in [0.25, 0.3) is 11.8 Å². The zero-order chi connectivity index (χ0) is 32.3. The van der Waals surface area contributed by atoms with Gasteiger partial charge >= 0.3 is 5.97 Å². The maximum Gasteiger partial charge on any atom is 0.337 e. The summed E-state index contributed by atoms with van der Waals surface area (Å²) < 4.78 is 75.7. The minimum atomic E-state index is -3.34. The van der Waals surface area contributed by atoms with Crippen LogP contribution in [0.5, 0.6) is 5.75 Å². The number of carbonyl (C=O) groups excluding carboxylic acids is 3. The monoisotopic (exact) mass is 558 g/mol. The third kappa shape index (κ3) is 4.37. The van der Waals surface area contributed by atoms with Gasteiger partial charge in [-0.05, 0) is 55.4 Å². The maximum absolute atomic E-state index is 14.9. The maximum atomic E-state index is 14.9. The Bertz CT molecular complexity index is 2000. The van der Waals surface area contributed by atoms with E-state index < -0.39 is 65.0 Å². The Morgan fingerprint density at radius 3 is 2.44 bits per heavy atom. The molecule has 1 atom stereocenters. The van der Waals surface area contributed by atoms with Crippen molar-refractivity contribution in [2.75, 3.05) is 12.0 Å². The second-order valence-corrected chi connectivity index (χ2v) is 8.87. The highest BCUT2D eigenvalue weighted by atomic mass is 19.1. The largest absolute Gasteiger partial charge is 0.482 e. The molecule has 0 saturated heterocycles. The molecule has 2 aromatic heterocycles. The number of anilines is 1. The number of rotatable bonds is 6. The van der Waals surface area contributed by atoms with Gasteiger partial charge in [0.2, 0.25) is 0 Å². The number of hydrogen-bond donors (Lipinski definition) is 0. The number of methoxy groups -OCH3 is 1. The fourth-order valence-corrected chi connectivity index (χ4v) is 4.54. The first kappa shape index (κ1) is 21.4. The lowest BCUT2D eigenvalue weighted by Gasteiger charge is -2.23. The molecule has 6 rings (SSSR count). The summed E-state index contributed by atoms with van der Waals surface area (Å²) in [6, 6.07) is 13.5. The normalized spacial score (nSPS) is 15.9. The zero-order valence-corrected chi connectivity index (χ0v) is 21.1.